The van der Waals surface area contributed by atoms with Gasteiger partial charge in [-0.3, -0.25) is 4.79 Å². The number of cyclic esters (lactones) is 1. The number of ether oxygens (including phenoxy) is 1. The third-order valence-electron chi connectivity index (χ3n) is 2.31. The van der Waals surface area contributed by atoms with Gasteiger partial charge >= 0.3 is 5.97 Å². The Hall–Kier alpha value is -1.05. The Labute approximate surface area is 66.5 Å². The minimum absolute atomic E-state index is 0.0764. The van der Waals surface area contributed by atoms with Crippen LogP contribution in [0.15, 0.2) is 25.3 Å². The van der Waals surface area contributed by atoms with Gasteiger partial charge in [-0.15, -0.1) is 13.2 Å². The van der Waals surface area contributed by atoms with E-state index in [1.54, 1.807) is 12.2 Å². The van der Waals surface area contributed by atoms with Crippen molar-refractivity contribution in [2.45, 2.75) is 6.92 Å². The van der Waals surface area contributed by atoms with Crippen molar-refractivity contribution in [2.24, 2.45) is 11.3 Å². The Balaban J connectivity index is 2.95. The van der Waals surface area contributed by atoms with Gasteiger partial charge in [-0.1, -0.05) is 12.2 Å². The first kappa shape index (κ1) is 8.05. The van der Waals surface area contributed by atoms with Crippen molar-refractivity contribution in [1.82, 2.24) is 0 Å². The van der Waals surface area contributed by atoms with Crippen LogP contribution in [0.4, 0.5) is 0 Å². The predicted octanol–water partition coefficient (Wildman–Crippen LogP) is 1.54. The van der Waals surface area contributed by atoms with Crippen LogP contribution in [0.5, 0.6) is 0 Å². The molecule has 1 saturated heterocycles. The molecule has 1 aliphatic heterocycles. The molecule has 1 aliphatic rings. The van der Waals surface area contributed by atoms with Crippen molar-refractivity contribution in [3.8, 4) is 0 Å². The fourth-order valence-electron chi connectivity index (χ4n) is 1.19. The van der Waals surface area contributed by atoms with E-state index in [1.807, 2.05) is 6.92 Å². The van der Waals surface area contributed by atoms with Crippen LogP contribution >= 0.6 is 0 Å². The van der Waals surface area contributed by atoms with Crippen molar-refractivity contribution >= 4 is 5.97 Å². The highest BCUT2D eigenvalue weighted by Gasteiger charge is 2.44. The van der Waals surface area contributed by atoms with Crippen LogP contribution in [0.3, 0.4) is 0 Å². The summed E-state index contributed by atoms with van der Waals surface area (Å²) >= 11 is 0. The van der Waals surface area contributed by atoms with Gasteiger partial charge in [0.05, 0.1) is 12.0 Å². The lowest BCUT2D eigenvalue weighted by molar-refractivity contribution is -0.143. The molecule has 0 N–H and O–H groups in total. The topological polar surface area (TPSA) is 26.3 Å². The number of carbonyl (C=O) groups is 1. The number of rotatable bonds is 2. The first-order valence-corrected chi connectivity index (χ1v) is 3.58. The van der Waals surface area contributed by atoms with Gasteiger partial charge in [0.15, 0.2) is 0 Å². The maximum absolute atomic E-state index is 11.2. The molecule has 0 aromatic rings. The number of esters is 1. The molecule has 0 bridgehead atoms. The maximum atomic E-state index is 11.2. The summed E-state index contributed by atoms with van der Waals surface area (Å²) in [4.78, 5) is 11.2. The average Bonchev–Trinajstić information content (AvgIpc) is 2.30. The van der Waals surface area contributed by atoms with E-state index in [1.165, 1.54) is 0 Å². The fraction of sp³-hybridized carbons (Fsp3) is 0.444. The molecule has 0 aliphatic carbocycles. The second kappa shape index (κ2) is 2.53. The van der Waals surface area contributed by atoms with Gasteiger partial charge in [0, 0.05) is 5.92 Å². The second-order valence-corrected chi connectivity index (χ2v) is 2.93. The molecular weight excluding hydrogens is 140 g/mol. The summed E-state index contributed by atoms with van der Waals surface area (Å²) in [5, 5.41) is 0. The summed E-state index contributed by atoms with van der Waals surface area (Å²) in [6.45, 7) is 9.51. The molecule has 2 atom stereocenters. The largest absolute Gasteiger partial charge is 0.464 e. The first-order chi connectivity index (χ1) is 5.15. The first-order valence-electron chi connectivity index (χ1n) is 3.58. The Morgan fingerprint density at radius 1 is 1.73 bits per heavy atom. The maximum Gasteiger partial charge on any atom is 0.316 e. The van der Waals surface area contributed by atoms with Crippen LogP contribution in [0.25, 0.3) is 0 Å². The van der Waals surface area contributed by atoms with Crippen LogP contribution in [0.2, 0.25) is 0 Å². The summed E-state index contributed by atoms with van der Waals surface area (Å²) in [7, 11) is 0. The van der Waals surface area contributed by atoms with Crippen LogP contribution in [0, 0.1) is 11.3 Å². The molecule has 1 fully saturated rings. The van der Waals surface area contributed by atoms with Gasteiger partial charge in [0.1, 0.15) is 0 Å². The van der Waals surface area contributed by atoms with Crippen LogP contribution in [0.1, 0.15) is 6.92 Å². The standard InChI is InChI=1S/C9H12O2/c1-4-7-6-11-8(10)9(7,3)5-2/h4-5,7H,1-2,6H2,3H3. The number of hydrogen-bond donors (Lipinski definition) is 0. The van der Waals surface area contributed by atoms with Crippen molar-refractivity contribution in [3.05, 3.63) is 25.3 Å². The predicted molar refractivity (Wildman–Crippen MR) is 43.0 cm³/mol. The third kappa shape index (κ3) is 0.985. The highest BCUT2D eigenvalue weighted by molar-refractivity contribution is 5.81. The Morgan fingerprint density at radius 2 is 2.36 bits per heavy atom. The van der Waals surface area contributed by atoms with E-state index < -0.39 is 5.41 Å². The van der Waals surface area contributed by atoms with Crippen molar-refractivity contribution in [2.75, 3.05) is 6.61 Å². The zero-order valence-electron chi connectivity index (χ0n) is 6.67. The Bertz CT molecular complexity index is 208. The van der Waals surface area contributed by atoms with Gasteiger partial charge in [-0.25, -0.2) is 0 Å². The number of carbonyl (C=O) groups excluding carboxylic acids is 1. The summed E-state index contributed by atoms with van der Waals surface area (Å²) in [5.74, 6) is -0.120. The third-order valence-corrected chi connectivity index (χ3v) is 2.31. The molecule has 1 rings (SSSR count). The minimum atomic E-state index is -0.554. The molecule has 0 saturated carbocycles. The lowest BCUT2D eigenvalue weighted by atomic mass is 9.80. The Morgan fingerprint density at radius 3 is 2.73 bits per heavy atom. The molecule has 2 nitrogen and oxygen atoms in total. The molecule has 0 radical (unpaired) electrons. The molecule has 2 heteroatoms. The van der Waals surface area contributed by atoms with Gasteiger partial charge in [-0.05, 0) is 6.92 Å². The molecule has 0 aromatic carbocycles. The van der Waals surface area contributed by atoms with Crippen molar-refractivity contribution in [3.63, 3.8) is 0 Å². The quantitative estimate of drug-likeness (QED) is 0.443. The molecule has 2 unspecified atom stereocenters. The summed E-state index contributed by atoms with van der Waals surface area (Å²) in [5.41, 5.74) is -0.554. The van der Waals surface area contributed by atoms with Crippen LogP contribution in [-0.2, 0) is 9.53 Å². The van der Waals surface area contributed by atoms with E-state index in [-0.39, 0.29) is 11.9 Å². The molecule has 60 valence electrons. The number of hydrogen-bond acceptors (Lipinski definition) is 2. The van der Waals surface area contributed by atoms with Crippen molar-refractivity contribution < 1.29 is 9.53 Å². The molecule has 0 amide bonds. The van der Waals surface area contributed by atoms with E-state index in [2.05, 4.69) is 13.2 Å². The van der Waals surface area contributed by atoms with Gasteiger partial charge in [0.25, 0.3) is 0 Å². The average molecular weight is 152 g/mol. The van der Waals surface area contributed by atoms with Crippen LogP contribution < -0.4 is 0 Å². The van der Waals surface area contributed by atoms with E-state index in [0.29, 0.717) is 6.61 Å². The van der Waals surface area contributed by atoms with Crippen molar-refractivity contribution in [1.29, 1.82) is 0 Å². The zero-order valence-corrected chi connectivity index (χ0v) is 6.67. The SMILES string of the molecule is C=CC1COC(=O)C1(C)C=C. The van der Waals surface area contributed by atoms with E-state index in [9.17, 15) is 4.79 Å². The molecule has 1 heterocycles. The normalized spacial score (nSPS) is 36.5. The lowest BCUT2D eigenvalue weighted by Crippen LogP contribution is -2.25. The monoisotopic (exact) mass is 152 g/mol. The van der Waals surface area contributed by atoms with Gasteiger partial charge < -0.3 is 4.74 Å². The second-order valence-electron chi connectivity index (χ2n) is 2.93. The highest BCUT2D eigenvalue weighted by Crippen LogP contribution is 2.36. The summed E-state index contributed by atoms with van der Waals surface area (Å²) < 4.78 is 4.88. The van der Waals surface area contributed by atoms with E-state index in [0.717, 1.165) is 0 Å². The smallest absolute Gasteiger partial charge is 0.316 e. The van der Waals surface area contributed by atoms with Gasteiger partial charge in [0.2, 0.25) is 0 Å². The zero-order chi connectivity index (χ0) is 8.48. The van der Waals surface area contributed by atoms with E-state index in [4.69, 9.17) is 4.74 Å². The Kier molecular flexibility index (Phi) is 1.85. The van der Waals surface area contributed by atoms with E-state index >= 15 is 0 Å². The minimum Gasteiger partial charge on any atom is -0.464 e. The molecule has 0 aromatic heterocycles. The molecule has 11 heavy (non-hydrogen) atoms. The van der Waals surface area contributed by atoms with Gasteiger partial charge in [-0.2, -0.15) is 0 Å². The fourth-order valence-corrected chi connectivity index (χ4v) is 1.19. The lowest BCUT2D eigenvalue weighted by Gasteiger charge is -2.18. The summed E-state index contributed by atoms with van der Waals surface area (Å²) in [6, 6.07) is 0. The van der Waals surface area contributed by atoms with Crippen LogP contribution in [-0.4, -0.2) is 12.6 Å². The molecule has 0 spiro atoms. The highest BCUT2D eigenvalue weighted by atomic mass is 16.5. The summed E-state index contributed by atoms with van der Waals surface area (Å²) in [6.07, 6.45) is 3.38. The molecular formula is C9H12O2.